The number of H-pyrrole nitrogens is 1. The lowest BCUT2D eigenvalue weighted by atomic mass is 9.87. The lowest BCUT2D eigenvalue weighted by Crippen LogP contribution is -2.28. The molecule has 0 saturated heterocycles. The zero-order chi connectivity index (χ0) is 12.9. The summed E-state index contributed by atoms with van der Waals surface area (Å²) in [5.41, 5.74) is 5.38. The van der Waals surface area contributed by atoms with E-state index >= 15 is 0 Å². The van der Waals surface area contributed by atoms with Crippen molar-refractivity contribution in [1.29, 1.82) is 0 Å². The fourth-order valence-electron chi connectivity index (χ4n) is 1.60. The Kier molecular flexibility index (Phi) is 4.69. The monoisotopic (exact) mass is 239 g/mol. The summed E-state index contributed by atoms with van der Waals surface area (Å²) in [7, 11) is 0. The van der Waals surface area contributed by atoms with Gasteiger partial charge in [-0.05, 0) is 24.8 Å². The van der Waals surface area contributed by atoms with E-state index in [1.807, 2.05) is 0 Å². The molecule has 0 saturated carbocycles. The van der Waals surface area contributed by atoms with Gasteiger partial charge in [0.05, 0.1) is 0 Å². The Bertz CT molecular complexity index is 459. The van der Waals surface area contributed by atoms with Crippen molar-refractivity contribution in [3.8, 4) is 0 Å². The van der Waals surface area contributed by atoms with Gasteiger partial charge in [0.15, 0.2) is 0 Å². The van der Waals surface area contributed by atoms with Crippen LogP contribution < -0.4 is 16.9 Å². The summed E-state index contributed by atoms with van der Waals surface area (Å²) >= 11 is 0. The summed E-state index contributed by atoms with van der Waals surface area (Å²) in [6.07, 6.45) is 2.88. The Morgan fingerprint density at radius 1 is 1.29 bits per heavy atom. The number of nitrogens with one attached hydrogen (secondary N) is 1. The zero-order valence-electron chi connectivity index (χ0n) is 10.5. The van der Waals surface area contributed by atoms with Crippen molar-refractivity contribution in [3.05, 3.63) is 32.8 Å². The van der Waals surface area contributed by atoms with Crippen molar-refractivity contribution in [2.45, 2.75) is 39.7 Å². The predicted molar refractivity (Wildman–Crippen MR) is 68.0 cm³/mol. The Balaban J connectivity index is 2.44. The van der Waals surface area contributed by atoms with Crippen LogP contribution in [0, 0.1) is 5.41 Å². The van der Waals surface area contributed by atoms with Crippen LogP contribution in [0.15, 0.2) is 21.7 Å². The van der Waals surface area contributed by atoms with Crippen LogP contribution in [0.2, 0.25) is 0 Å². The number of aromatic nitrogens is 2. The van der Waals surface area contributed by atoms with Gasteiger partial charge in [-0.1, -0.05) is 20.3 Å². The summed E-state index contributed by atoms with van der Waals surface area (Å²) in [6, 6.07) is 2.54. The van der Waals surface area contributed by atoms with Crippen molar-refractivity contribution in [2.75, 3.05) is 6.54 Å². The summed E-state index contributed by atoms with van der Waals surface area (Å²) in [6.45, 7) is 5.47. The smallest absolute Gasteiger partial charge is 0.265 e. The van der Waals surface area contributed by atoms with Gasteiger partial charge in [-0.3, -0.25) is 19.4 Å². The quantitative estimate of drug-likeness (QED) is 0.717. The van der Waals surface area contributed by atoms with E-state index in [1.54, 1.807) is 0 Å². The van der Waals surface area contributed by atoms with Gasteiger partial charge in [0.1, 0.15) is 0 Å². The molecule has 0 fully saturated rings. The van der Waals surface area contributed by atoms with Gasteiger partial charge in [-0.2, -0.15) is 0 Å². The lowest BCUT2D eigenvalue weighted by molar-refractivity contribution is 0.326. The minimum atomic E-state index is -0.244. The van der Waals surface area contributed by atoms with Crippen LogP contribution in [-0.2, 0) is 6.54 Å². The molecule has 0 radical (unpaired) electrons. The minimum absolute atomic E-state index is 0.148. The van der Waals surface area contributed by atoms with Gasteiger partial charge in [0, 0.05) is 18.7 Å². The van der Waals surface area contributed by atoms with Crippen LogP contribution in [0.3, 0.4) is 0 Å². The average Bonchev–Trinajstić information content (AvgIpc) is 2.29. The first-order valence-electron chi connectivity index (χ1n) is 5.95. The number of rotatable bonds is 6. The molecule has 0 aliphatic heterocycles. The molecule has 0 aliphatic rings. The molecule has 1 rings (SSSR count). The maximum absolute atomic E-state index is 11.4. The Morgan fingerprint density at radius 2 is 2.00 bits per heavy atom. The van der Waals surface area contributed by atoms with Gasteiger partial charge >= 0.3 is 0 Å². The highest BCUT2D eigenvalue weighted by Crippen LogP contribution is 2.21. The molecule has 1 heterocycles. The number of hydrogen-bond donors (Lipinski definition) is 2. The first kappa shape index (κ1) is 13.7. The topological polar surface area (TPSA) is 80.9 Å². The van der Waals surface area contributed by atoms with Crippen LogP contribution in [0.5, 0.6) is 0 Å². The standard InChI is InChI=1S/C12H21N3O2/c1-12(2,9-13)7-3-4-8-15-11(17)6-5-10(16)14-15/h5-6H,3-4,7-9,13H2,1-2H3,(H,14,16). The molecule has 1 aromatic heterocycles. The van der Waals surface area contributed by atoms with Gasteiger partial charge in [-0.25, -0.2) is 0 Å². The summed E-state index contributed by atoms with van der Waals surface area (Å²) in [4.78, 5) is 22.4. The second-order valence-corrected chi connectivity index (χ2v) is 5.12. The van der Waals surface area contributed by atoms with Crippen molar-refractivity contribution < 1.29 is 0 Å². The van der Waals surface area contributed by atoms with Gasteiger partial charge in [-0.15, -0.1) is 0 Å². The number of aromatic amines is 1. The Morgan fingerprint density at radius 3 is 2.65 bits per heavy atom. The summed E-state index contributed by atoms with van der Waals surface area (Å²) < 4.78 is 1.36. The predicted octanol–water partition coefficient (Wildman–Crippen LogP) is 0.692. The normalized spacial score (nSPS) is 11.7. The molecule has 0 bridgehead atoms. The Hall–Kier alpha value is -1.36. The number of unbranched alkanes of at least 4 members (excludes halogenated alkanes) is 1. The minimum Gasteiger partial charge on any atom is -0.330 e. The molecule has 1 aromatic rings. The van der Waals surface area contributed by atoms with Crippen LogP contribution in [0.4, 0.5) is 0 Å². The maximum Gasteiger partial charge on any atom is 0.265 e. The van der Waals surface area contributed by atoms with E-state index in [-0.39, 0.29) is 16.5 Å². The molecule has 0 atom stereocenters. The first-order valence-corrected chi connectivity index (χ1v) is 5.95. The molecule has 0 unspecified atom stereocenters. The van der Waals surface area contributed by atoms with E-state index in [4.69, 9.17) is 5.73 Å². The van der Waals surface area contributed by atoms with Crippen LogP contribution in [-0.4, -0.2) is 16.3 Å². The molecular formula is C12H21N3O2. The second kappa shape index (κ2) is 5.82. The van der Waals surface area contributed by atoms with E-state index in [1.165, 1.54) is 16.8 Å². The number of aryl methyl sites for hydroxylation is 1. The van der Waals surface area contributed by atoms with Crippen molar-refractivity contribution in [2.24, 2.45) is 11.1 Å². The van der Waals surface area contributed by atoms with Crippen molar-refractivity contribution in [1.82, 2.24) is 9.78 Å². The highest BCUT2D eigenvalue weighted by molar-refractivity contribution is 4.85. The van der Waals surface area contributed by atoms with Gasteiger partial charge in [0.2, 0.25) is 0 Å². The third-order valence-electron chi connectivity index (χ3n) is 2.93. The van der Waals surface area contributed by atoms with E-state index in [0.717, 1.165) is 19.3 Å². The molecule has 0 amide bonds. The van der Waals surface area contributed by atoms with E-state index in [9.17, 15) is 9.59 Å². The van der Waals surface area contributed by atoms with Crippen LogP contribution in [0.25, 0.3) is 0 Å². The zero-order valence-corrected chi connectivity index (χ0v) is 10.5. The largest absolute Gasteiger partial charge is 0.330 e. The van der Waals surface area contributed by atoms with Crippen LogP contribution >= 0.6 is 0 Å². The molecule has 5 heteroatoms. The third kappa shape index (κ3) is 4.56. The molecule has 5 nitrogen and oxygen atoms in total. The van der Waals surface area contributed by atoms with Crippen molar-refractivity contribution >= 4 is 0 Å². The van der Waals surface area contributed by atoms with Gasteiger partial charge in [0.25, 0.3) is 11.1 Å². The average molecular weight is 239 g/mol. The number of nitrogens with zero attached hydrogens (tertiary/aromatic N) is 1. The summed E-state index contributed by atoms with van der Waals surface area (Å²) in [5.74, 6) is 0. The highest BCUT2D eigenvalue weighted by atomic mass is 16.1. The van der Waals surface area contributed by atoms with E-state index < -0.39 is 0 Å². The Labute approximate surface area is 101 Å². The fraction of sp³-hybridized carbons (Fsp3) is 0.667. The third-order valence-corrected chi connectivity index (χ3v) is 2.93. The van der Waals surface area contributed by atoms with E-state index in [2.05, 4.69) is 18.9 Å². The molecule has 3 N–H and O–H groups in total. The molecule has 0 aliphatic carbocycles. The lowest BCUT2D eigenvalue weighted by Gasteiger charge is -2.21. The molecule has 96 valence electrons. The van der Waals surface area contributed by atoms with E-state index in [0.29, 0.717) is 13.1 Å². The molecular weight excluding hydrogens is 218 g/mol. The molecule has 17 heavy (non-hydrogen) atoms. The number of hydrogen-bond acceptors (Lipinski definition) is 3. The molecule has 0 spiro atoms. The SMILES string of the molecule is CC(C)(CN)CCCCn1[nH]c(=O)ccc1=O. The molecule has 0 aromatic carbocycles. The van der Waals surface area contributed by atoms with Crippen molar-refractivity contribution in [3.63, 3.8) is 0 Å². The number of nitrogens with two attached hydrogens (primary N) is 1. The fourth-order valence-corrected chi connectivity index (χ4v) is 1.60. The second-order valence-electron chi connectivity index (χ2n) is 5.12. The maximum atomic E-state index is 11.4. The van der Waals surface area contributed by atoms with Crippen LogP contribution in [0.1, 0.15) is 33.1 Å². The highest BCUT2D eigenvalue weighted by Gasteiger charge is 2.14. The summed E-state index contributed by atoms with van der Waals surface area (Å²) in [5, 5.41) is 2.51. The first-order chi connectivity index (χ1) is 7.94. The van der Waals surface area contributed by atoms with Gasteiger partial charge < -0.3 is 5.73 Å².